The maximum Gasteiger partial charge on any atom is 0.206 e. The van der Waals surface area contributed by atoms with Crippen LogP contribution in [0.1, 0.15) is 25.0 Å². The average molecular weight is 555 g/mol. The minimum absolute atomic E-state index is 0.0108. The van der Waals surface area contributed by atoms with Crippen molar-refractivity contribution in [3.63, 3.8) is 0 Å². The van der Waals surface area contributed by atoms with Crippen LogP contribution < -0.4 is 0 Å². The first-order valence-electron chi connectivity index (χ1n) is 11.3. The summed E-state index contributed by atoms with van der Waals surface area (Å²) in [5, 5.41) is 0. The highest BCUT2D eigenvalue weighted by Gasteiger charge is 2.26. The molecular formula is C28H26O6S3. The summed E-state index contributed by atoms with van der Waals surface area (Å²) >= 11 is 0. The lowest BCUT2D eigenvalue weighted by molar-refractivity contribution is 0.592. The Hall–Kier alpha value is -3.27. The van der Waals surface area contributed by atoms with Crippen LogP contribution in [0.3, 0.4) is 0 Å². The van der Waals surface area contributed by atoms with Crippen molar-refractivity contribution in [3.05, 3.63) is 114 Å². The van der Waals surface area contributed by atoms with Gasteiger partial charge in [-0.2, -0.15) is 0 Å². The summed E-state index contributed by atoms with van der Waals surface area (Å²) in [6.07, 6.45) is 1.15. The SMILES string of the molecule is CC(C)(c1ccc(S(C)(=O)=O)cc1)c1ccc(S(=O)(=O)c2ccc(S(=O)(=O)c3ccccc3)cc2)cc1. The van der Waals surface area contributed by atoms with Crippen molar-refractivity contribution < 1.29 is 25.3 Å². The van der Waals surface area contributed by atoms with Crippen molar-refractivity contribution in [2.75, 3.05) is 6.26 Å². The lowest BCUT2D eigenvalue weighted by Crippen LogP contribution is -2.19. The highest BCUT2D eigenvalue weighted by Crippen LogP contribution is 2.33. The second-order valence-corrected chi connectivity index (χ2v) is 15.2. The van der Waals surface area contributed by atoms with Crippen molar-refractivity contribution in [3.8, 4) is 0 Å². The predicted octanol–water partition coefficient (Wildman–Crippen LogP) is 5.08. The summed E-state index contributed by atoms with van der Waals surface area (Å²) in [5.74, 6) is 0. The molecule has 4 rings (SSSR count). The zero-order chi connectivity index (χ0) is 27.1. The van der Waals surface area contributed by atoms with Crippen LogP contribution in [0.25, 0.3) is 0 Å². The number of hydrogen-bond acceptors (Lipinski definition) is 6. The Kier molecular flexibility index (Phi) is 6.92. The van der Waals surface area contributed by atoms with Crippen molar-refractivity contribution in [1.29, 1.82) is 0 Å². The molecule has 0 saturated carbocycles. The highest BCUT2D eigenvalue weighted by atomic mass is 32.2. The summed E-state index contributed by atoms with van der Waals surface area (Å²) in [6.45, 7) is 3.94. The molecule has 37 heavy (non-hydrogen) atoms. The molecular weight excluding hydrogens is 529 g/mol. The van der Waals surface area contributed by atoms with Gasteiger partial charge >= 0.3 is 0 Å². The molecule has 0 aliphatic rings. The highest BCUT2D eigenvalue weighted by molar-refractivity contribution is 7.92. The van der Waals surface area contributed by atoms with E-state index < -0.39 is 34.9 Å². The Morgan fingerprint density at radius 1 is 0.432 bits per heavy atom. The fraction of sp³-hybridized carbons (Fsp3) is 0.143. The Bertz CT molecular complexity index is 1740. The summed E-state index contributed by atoms with van der Waals surface area (Å²) in [7, 11) is -10.9. The first-order chi connectivity index (χ1) is 17.2. The molecule has 6 nitrogen and oxygen atoms in total. The van der Waals surface area contributed by atoms with Gasteiger partial charge in [0, 0.05) is 11.7 Å². The van der Waals surface area contributed by atoms with Crippen LogP contribution in [-0.4, -0.2) is 31.5 Å². The molecule has 0 saturated heterocycles. The lowest BCUT2D eigenvalue weighted by atomic mass is 9.78. The molecule has 9 heteroatoms. The molecule has 0 bridgehead atoms. The van der Waals surface area contributed by atoms with Crippen LogP contribution in [0.5, 0.6) is 0 Å². The van der Waals surface area contributed by atoms with Gasteiger partial charge in [0.2, 0.25) is 19.7 Å². The van der Waals surface area contributed by atoms with Crippen LogP contribution >= 0.6 is 0 Å². The molecule has 0 N–H and O–H groups in total. The summed E-state index contributed by atoms with van der Waals surface area (Å²) in [6, 6.07) is 26.3. The van der Waals surface area contributed by atoms with Crippen molar-refractivity contribution >= 4 is 29.5 Å². The molecule has 0 aromatic heterocycles. The first-order valence-corrected chi connectivity index (χ1v) is 16.2. The van der Waals surface area contributed by atoms with E-state index in [-0.39, 0.29) is 24.5 Å². The molecule has 0 heterocycles. The van der Waals surface area contributed by atoms with Crippen molar-refractivity contribution in [2.24, 2.45) is 0 Å². The molecule has 4 aromatic rings. The van der Waals surface area contributed by atoms with Crippen LogP contribution in [0.4, 0.5) is 0 Å². The quantitative estimate of drug-likeness (QED) is 0.316. The van der Waals surface area contributed by atoms with E-state index in [1.165, 1.54) is 48.5 Å². The van der Waals surface area contributed by atoms with Gasteiger partial charge in [0.25, 0.3) is 0 Å². The third-order valence-electron chi connectivity index (χ3n) is 6.39. The van der Waals surface area contributed by atoms with Crippen molar-refractivity contribution in [2.45, 2.75) is 43.7 Å². The number of benzene rings is 4. The van der Waals surface area contributed by atoms with Gasteiger partial charge in [-0.05, 0) is 71.8 Å². The molecule has 0 unspecified atom stereocenters. The van der Waals surface area contributed by atoms with E-state index in [1.807, 2.05) is 13.8 Å². The standard InChI is InChI=1S/C28H26O6S3/c1-28(2,21-9-13-23(14-10-21)35(3,29)30)22-11-15-25(16-12-22)37(33,34)27-19-17-26(18-20-27)36(31,32)24-7-5-4-6-8-24/h4-20H,1-3H3. The fourth-order valence-corrected chi connectivity index (χ4v) is 7.18. The topological polar surface area (TPSA) is 102 Å². The zero-order valence-electron chi connectivity index (χ0n) is 20.5. The normalized spacial score (nSPS) is 12.8. The van der Waals surface area contributed by atoms with Crippen LogP contribution in [0, 0.1) is 0 Å². The van der Waals surface area contributed by atoms with Gasteiger partial charge in [-0.15, -0.1) is 0 Å². The smallest absolute Gasteiger partial charge is 0.206 e. The minimum Gasteiger partial charge on any atom is -0.224 e. The lowest BCUT2D eigenvalue weighted by Gasteiger charge is -2.26. The second-order valence-electron chi connectivity index (χ2n) is 9.24. The van der Waals surface area contributed by atoms with E-state index in [4.69, 9.17) is 0 Å². The third kappa shape index (κ3) is 5.25. The predicted molar refractivity (Wildman–Crippen MR) is 142 cm³/mol. The molecule has 0 amide bonds. The van der Waals surface area contributed by atoms with E-state index in [1.54, 1.807) is 54.6 Å². The molecule has 0 radical (unpaired) electrons. The van der Waals surface area contributed by atoms with Gasteiger partial charge in [-0.3, -0.25) is 0 Å². The average Bonchev–Trinajstić information content (AvgIpc) is 2.89. The molecule has 192 valence electrons. The number of sulfone groups is 3. The Balaban J connectivity index is 1.60. The monoisotopic (exact) mass is 554 g/mol. The van der Waals surface area contributed by atoms with Gasteiger partial charge in [0.05, 0.1) is 24.5 Å². The fourth-order valence-electron chi connectivity index (χ4n) is 4.01. The largest absolute Gasteiger partial charge is 0.224 e. The molecule has 4 aromatic carbocycles. The Labute approximate surface area is 218 Å². The first kappa shape index (κ1) is 26.8. The number of rotatable bonds is 7. The molecule has 0 atom stereocenters. The van der Waals surface area contributed by atoms with Gasteiger partial charge in [-0.1, -0.05) is 56.3 Å². The zero-order valence-corrected chi connectivity index (χ0v) is 22.9. The van der Waals surface area contributed by atoms with E-state index in [0.717, 1.165) is 17.4 Å². The summed E-state index contributed by atoms with van der Waals surface area (Å²) in [4.78, 5) is 0.448. The van der Waals surface area contributed by atoms with E-state index >= 15 is 0 Å². The maximum absolute atomic E-state index is 13.2. The van der Waals surface area contributed by atoms with E-state index in [0.29, 0.717) is 0 Å². The van der Waals surface area contributed by atoms with E-state index in [9.17, 15) is 25.3 Å². The molecule has 0 aliphatic carbocycles. The Morgan fingerprint density at radius 3 is 1.08 bits per heavy atom. The number of hydrogen-bond donors (Lipinski definition) is 0. The molecule has 0 fully saturated rings. The van der Waals surface area contributed by atoms with Gasteiger partial charge in [0.1, 0.15) is 0 Å². The van der Waals surface area contributed by atoms with Gasteiger partial charge in [0.15, 0.2) is 9.84 Å². The summed E-state index contributed by atoms with van der Waals surface area (Å²) < 4.78 is 75.6. The van der Waals surface area contributed by atoms with Crippen LogP contribution in [0.2, 0.25) is 0 Å². The van der Waals surface area contributed by atoms with Gasteiger partial charge < -0.3 is 0 Å². The molecule has 0 aliphatic heterocycles. The maximum atomic E-state index is 13.2. The van der Waals surface area contributed by atoms with Crippen molar-refractivity contribution in [1.82, 2.24) is 0 Å². The Morgan fingerprint density at radius 2 is 0.730 bits per heavy atom. The minimum atomic E-state index is -3.88. The summed E-state index contributed by atoms with van der Waals surface area (Å²) in [5.41, 5.74) is 1.22. The third-order valence-corrected chi connectivity index (χ3v) is 11.1. The molecule has 0 spiro atoms. The van der Waals surface area contributed by atoms with Gasteiger partial charge in [-0.25, -0.2) is 25.3 Å². The van der Waals surface area contributed by atoms with Crippen LogP contribution in [-0.2, 0) is 34.9 Å². The van der Waals surface area contributed by atoms with Crippen LogP contribution in [0.15, 0.2) is 128 Å². The second kappa shape index (κ2) is 9.55. The van der Waals surface area contributed by atoms with E-state index in [2.05, 4.69) is 0 Å².